The van der Waals surface area contributed by atoms with Gasteiger partial charge in [0, 0.05) is 0 Å². The van der Waals surface area contributed by atoms with Gasteiger partial charge in [0.05, 0.1) is 0 Å². The SMILES string of the molecule is Cc1ccc(F)cc1-c1[c]cccc1. The normalized spacial score (nSPS) is 10.1. The van der Waals surface area contributed by atoms with Gasteiger partial charge in [-0.2, -0.15) is 0 Å². The minimum absolute atomic E-state index is 0.206. The van der Waals surface area contributed by atoms with E-state index in [9.17, 15) is 4.39 Å². The van der Waals surface area contributed by atoms with Gasteiger partial charge in [0.2, 0.25) is 0 Å². The number of benzene rings is 2. The predicted molar refractivity (Wildman–Crippen MR) is 55.4 cm³/mol. The quantitative estimate of drug-likeness (QED) is 0.636. The van der Waals surface area contributed by atoms with Gasteiger partial charge in [0.1, 0.15) is 5.82 Å². The summed E-state index contributed by atoms with van der Waals surface area (Å²) >= 11 is 0. The smallest absolute Gasteiger partial charge is 0.123 e. The molecular weight excluding hydrogens is 175 g/mol. The van der Waals surface area contributed by atoms with E-state index in [1.165, 1.54) is 6.07 Å². The van der Waals surface area contributed by atoms with Crippen molar-refractivity contribution in [1.29, 1.82) is 0 Å². The molecule has 0 aromatic heterocycles. The maximum absolute atomic E-state index is 13.0. The van der Waals surface area contributed by atoms with E-state index < -0.39 is 0 Å². The standard InChI is InChI=1S/C13H10F/c1-10-7-8-12(14)9-13(10)11-5-3-2-4-6-11/h2-5,7-9H,1H3. The highest BCUT2D eigenvalue weighted by Gasteiger charge is 2.02. The van der Waals surface area contributed by atoms with Crippen molar-refractivity contribution in [2.75, 3.05) is 0 Å². The molecule has 0 fully saturated rings. The van der Waals surface area contributed by atoms with Crippen molar-refractivity contribution in [3.8, 4) is 11.1 Å². The molecule has 2 aromatic rings. The third kappa shape index (κ3) is 1.67. The highest BCUT2D eigenvalue weighted by atomic mass is 19.1. The summed E-state index contributed by atoms with van der Waals surface area (Å²) in [5, 5.41) is 0. The first-order valence-electron chi connectivity index (χ1n) is 4.50. The molecule has 1 heteroatoms. The molecule has 0 aliphatic carbocycles. The molecule has 69 valence electrons. The number of halogens is 1. The van der Waals surface area contributed by atoms with E-state index in [0.29, 0.717) is 0 Å². The highest BCUT2D eigenvalue weighted by molar-refractivity contribution is 5.66. The van der Waals surface area contributed by atoms with E-state index in [0.717, 1.165) is 16.7 Å². The third-order valence-corrected chi connectivity index (χ3v) is 2.20. The molecule has 0 saturated heterocycles. The lowest BCUT2D eigenvalue weighted by atomic mass is 10.0. The van der Waals surface area contributed by atoms with Gasteiger partial charge < -0.3 is 0 Å². The predicted octanol–water partition coefficient (Wildman–Crippen LogP) is 3.60. The molecular formula is C13H10F. The molecule has 2 rings (SSSR count). The number of aryl methyl sites for hydroxylation is 1. The lowest BCUT2D eigenvalue weighted by Crippen LogP contribution is -1.84. The summed E-state index contributed by atoms with van der Waals surface area (Å²) in [6.45, 7) is 1.97. The Hall–Kier alpha value is -1.63. The van der Waals surface area contributed by atoms with Gasteiger partial charge in [0.25, 0.3) is 0 Å². The molecule has 0 heterocycles. The molecule has 1 radical (unpaired) electrons. The molecule has 2 aromatic carbocycles. The summed E-state index contributed by atoms with van der Waals surface area (Å²) in [7, 11) is 0. The van der Waals surface area contributed by atoms with Crippen LogP contribution >= 0.6 is 0 Å². The first-order chi connectivity index (χ1) is 6.77. The first-order valence-corrected chi connectivity index (χ1v) is 4.50. The van der Waals surface area contributed by atoms with Crippen molar-refractivity contribution in [3.05, 3.63) is 59.9 Å². The molecule has 0 unspecified atom stereocenters. The van der Waals surface area contributed by atoms with Gasteiger partial charge in [-0.3, -0.25) is 0 Å². The molecule has 14 heavy (non-hydrogen) atoms. The van der Waals surface area contributed by atoms with Gasteiger partial charge in [-0.25, -0.2) is 4.39 Å². The van der Waals surface area contributed by atoms with Crippen LogP contribution in [0.15, 0.2) is 42.5 Å². The van der Waals surface area contributed by atoms with Gasteiger partial charge in [-0.15, -0.1) is 0 Å². The lowest BCUT2D eigenvalue weighted by Gasteiger charge is -2.04. The van der Waals surface area contributed by atoms with Crippen molar-refractivity contribution >= 4 is 0 Å². The molecule has 0 N–H and O–H groups in total. The third-order valence-electron chi connectivity index (χ3n) is 2.20. The first kappa shape index (κ1) is 8.95. The average Bonchev–Trinajstić information content (AvgIpc) is 2.23. The second-order valence-electron chi connectivity index (χ2n) is 3.24. The van der Waals surface area contributed by atoms with Crippen LogP contribution in [0.3, 0.4) is 0 Å². The topological polar surface area (TPSA) is 0 Å². The van der Waals surface area contributed by atoms with Crippen molar-refractivity contribution in [1.82, 2.24) is 0 Å². The molecule has 0 aliphatic rings. The van der Waals surface area contributed by atoms with Crippen LogP contribution in [0.5, 0.6) is 0 Å². The van der Waals surface area contributed by atoms with E-state index >= 15 is 0 Å². The maximum Gasteiger partial charge on any atom is 0.123 e. The fraction of sp³-hybridized carbons (Fsp3) is 0.0769. The van der Waals surface area contributed by atoms with Crippen molar-refractivity contribution in [2.45, 2.75) is 6.92 Å². The van der Waals surface area contributed by atoms with Gasteiger partial charge >= 0.3 is 0 Å². The summed E-state index contributed by atoms with van der Waals surface area (Å²) in [6, 6.07) is 15.5. The lowest BCUT2D eigenvalue weighted by molar-refractivity contribution is 0.628. The van der Waals surface area contributed by atoms with E-state index in [4.69, 9.17) is 0 Å². The van der Waals surface area contributed by atoms with Crippen LogP contribution in [0.2, 0.25) is 0 Å². The van der Waals surface area contributed by atoms with Gasteiger partial charge in [0.15, 0.2) is 0 Å². The second-order valence-corrected chi connectivity index (χ2v) is 3.24. The molecule has 0 nitrogen and oxygen atoms in total. The summed E-state index contributed by atoms with van der Waals surface area (Å²) in [6.07, 6.45) is 0. The molecule has 0 spiro atoms. The molecule has 0 atom stereocenters. The van der Waals surface area contributed by atoms with Crippen LogP contribution in [0.1, 0.15) is 5.56 Å². The van der Waals surface area contributed by atoms with E-state index in [2.05, 4.69) is 6.07 Å². The summed E-state index contributed by atoms with van der Waals surface area (Å²) in [4.78, 5) is 0. The van der Waals surface area contributed by atoms with Crippen molar-refractivity contribution < 1.29 is 4.39 Å². The van der Waals surface area contributed by atoms with Crippen molar-refractivity contribution in [2.24, 2.45) is 0 Å². The fourth-order valence-corrected chi connectivity index (χ4v) is 1.45. The van der Waals surface area contributed by atoms with Crippen LogP contribution in [0.25, 0.3) is 11.1 Å². The van der Waals surface area contributed by atoms with Crippen molar-refractivity contribution in [3.63, 3.8) is 0 Å². The Morgan fingerprint density at radius 1 is 1.14 bits per heavy atom. The Morgan fingerprint density at radius 2 is 2.00 bits per heavy atom. The fourth-order valence-electron chi connectivity index (χ4n) is 1.45. The number of rotatable bonds is 1. The average molecular weight is 185 g/mol. The second kappa shape index (κ2) is 3.62. The van der Waals surface area contributed by atoms with Gasteiger partial charge in [-0.1, -0.05) is 30.3 Å². The Balaban J connectivity index is 2.57. The van der Waals surface area contributed by atoms with E-state index in [1.54, 1.807) is 12.1 Å². The van der Waals surface area contributed by atoms with Gasteiger partial charge in [-0.05, 0) is 41.8 Å². The largest absolute Gasteiger partial charge is 0.207 e. The summed E-state index contributed by atoms with van der Waals surface area (Å²) in [5.74, 6) is -0.206. The summed E-state index contributed by atoms with van der Waals surface area (Å²) < 4.78 is 13.0. The minimum Gasteiger partial charge on any atom is -0.207 e. The Morgan fingerprint density at radius 3 is 2.71 bits per heavy atom. The Kier molecular flexibility index (Phi) is 2.32. The molecule has 0 aliphatic heterocycles. The Labute approximate surface area is 83.0 Å². The van der Waals surface area contributed by atoms with Crippen LogP contribution in [0.4, 0.5) is 4.39 Å². The number of hydrogen-bond acceptors (Lipinski definition) is 0. The van der Waals surface area contributed by atoms with Crippen LogP contribution in [0, 0.1) is 18.8 Å². The zero-order chi connectivity index (χ0) is 9.97. The zero-order valence-electron chi connectivity index (χ0n) is 7.92. The summed E-state index contributed by atoms with van der Waals surface area (Å²) in [5.41, 5.74) is 2.91. The molecule has 0 bridgehead atoms. The Bertz CT molecular complexity index is 432. The molecule has 0 amide bonds. The monoisotopic (exact) mass is 185 g/mol. The highest BCUT2D eigenvalue weighted by Crippen LogP contribution is 2.23. The zero-order valence-corrected chi connectivity index (χ0v) is 7.92. The maximum atomic E-state index is 13.0. The van der Waals surface area contributed by atoms with Crippen LogP contribution < -0.4 is 0 Å². The van der Waals surface area contributed by atoms with Crippen LogP contribution in [-0.4, -0.2) is 0 Å². The van der Waals surface area contributed by atoms with E-state index in [-0.39, 0.29) is 5.82 Å². The van der Waals surface area contributed by atoms with E-state index in [1.807, 2.05) is 31.2 Å². The van der Waals surface area contributed by atoms with Crippen LogP contribution in [-0.2, 0) is 0 Å². The number of hydrogen-bond donors (Lipinski definition) is 0. The molecule has 0 saturated carbocycles. The minimum atomic E-state index is -0.206.